The van der Waals surface area contributed by atoms with E-state index in [-0.39, 0.29) is 0 Å². The minimum Gasteiger partial charge on any atom is -0.479 e. The van der Waals surface area contributed by atoms with Crippen molar-refractivity contribution in [2.45, 2.75) is 19.4 Å². The molecular formula is C6H11ClO3. The van der Waals surface area contributed by atoms with Crippen LogP contribution >= 0.6 is 11.6 Å². The van der Waals surface area contributed by atoms with Crippen molar-refractivity contribution in [1.82, 2.24) is 0 Å². The predicted octanol–water partition coefficient (Wildman–Crippen LogP) is 1.10. The van der Waals surface area contributed by atoms with Crippen molar-refractivity contribution in [3.8, 4) is 0 Å². The molecule has 0 aliphatic heterocycles. The van der Waals surface area contributed by atoms with Gasteiger partial charge in [-0.25, -0.2) is 4.79 Å². The molecule has 0 saturated carbocycles. The maximum atomic E-state index is 10.3. The molecule has 0 spiro atoms. The lowest BCUT2D eigenvalue weighted by molar-refractivity contribution is -0.150. The van der Waals surface area contributed by atoms with Crippen LogP contribution in [-0.2, 0) is 9.53 Å². The van der Waals surface area contributed by atoms with Gasteiger partial charge in [-0.2, -0.15) is 0 Å². The molecule has 1 atom stereocenters. The molecule has 0 saturated heterocycles. The Bertz CT molecular complexity index is 105. The maximum absolute atomic E-state index is 10.3. The fourth-order valence-corrected chi connectivity index (χ4v) is 0.640. The molecule has 0 aromatic rings. The number of hydrogen-bond acceptors (Lipinski definition) is 2. The van der Waals surface area contributed by atoms with Gasteiger partial charge in [0.1, 0.15) is 0 Å². The second kappa shape index (κ2) is 5.50. The van der Waals surface area contributed by atoms with Crippen LogP contribution in [-0.4, -0.2) is 29.7 Å². The monoisotopic (exact) mass is 166 g/mol. The molecule has 10 heavy (non-hydrogen) atoms. The van der Waals surface area contributed by atoms with Gasteiger partial charge in [0.05, 0.1) is 6.61 Å². The van der Waals surface area contributed by atoms with Gasteiger partial charge in [0.2, 0.25) is 0 Å². The van der Waals surface area contributed by atoms with Gasteiger partial charge in [0.25, 0.3) is 0 Å². The third-order valence-corrected chi connectivity index (χ3v) is 1.20. The Kier molecular flexibility index (Phi) is 5.35. The molecule has 3 nitrogen and oxygen atoms in total. The van der Waals surface area contributed by atoms with Crippen LogP contribution in [0.4, 0.5) is 0 Å². The average molecular weight is 167 g/mol. The summed E-state index contributed by atoms with van der Waals surface area (Å²) in [6, 6.07) is 0. The van der Waals surface area contributed by atoms with Crippen molar-refractivity contribution < 1.29 is 14.6 Å². The second-order valence-electron chi connectivity index (χ2n) is 1.79. The summed E-state index contributed by atoms with van der Waals surface area (Å²) in [4.78, 5) is 10.3. The zero-order valence-corrected chi connectivity index (χ0v) is 6.60. The zero-order chi connectivity index (χ0) is 7.98. The molecule has 60 valence electrons. The van der Waals surface area contributed by atoms with Crippen molar-refractivity contribution in [2.24, 2.45) is 0 Å². The Hall–Kier alpha value is -0.280. The van der Waals surface area contributed by atoms with Crippen LogP contribution < -0.4 is 0 Å². The van der Waals surface area contributed by atoms with E-state index in [4.69, 9.17) is 21.4 Å². The van der Waals surface area contributed by atoms with Crippen molar-refractivity contribution in [3.05, 3.63) is 0 Å². The summed E-state index contributed by atoms with van der Waals surface area (Å²) in [5, 5.41) is 8.43. The number of alkyl halides is 1. The number of carboxylic acids is 1. The highest BCUT2D eigenvalue weighted by Gasteiger charge is 2.13. The lowest BCUT2D eigenvalue weighted by atomic mass is 10.3. The quantitative estimate of drug-likeness (QED) is 0.623. The van der Waals surface area contributed by atoms with E-state index in [0.717, 1.165) is 0 Å². The van der Waals surface area contributed by atoms with Gasteiger partial charge in [-0.15, -0.1) is 11.6 Å². The van der Waals surface area contributed by atoms with Gasteiger partial charge in [-0.3, -0.25) is 0 Å². The lowest BCUT2D eigenvalue weighted by Crippen LogP contribution is -2.23. The van der Waals surface area contributed by atoms with E-state index in [0.29, 0.717) is 18.9 Å². The van der Waals surface area contributed by atoms with Crippen LogP contribution in [0.1, 0.15) is 13.3 Å². The summed E-state index contributed by atoms with van der Waals surface area (Å²) in [5.74, 6) is -0.586. The largest absolute Gasteiger partial charge is 0.479 e. The van der Waals surface area contributed by atoms with Crippen LogP contribution in [0.5, 0.6) is 0 Å². The molecule has 0 aromatic heterocycles. The number of ether oxygens (including phenoxy) is 1. The first-order chi connectivity index (χ1) is 4.72. The maximum Gasteiger partial charge on any atom is 0.332 e. The fourth-order valence-electron chi connectivity index (χ4n) is 0.551. The number of carbonyl (C=O) groups is 1. The van der Waals surface area contributed by atoms with Crippen LogP contribution in [0.2, 0.25) is 0 Å². The summed E-state index contributed by atoms with van der Waals surface area (Å²) in [7, 11) is 0. The SMILES string of the molecule is CC[C@@H](OCCCl)C(=O)O. The molecule has 1 N–H and O–H groups in total. The van der Waals surface area contributed by atoms with E-state index in [2.05, 4.69) is 0 Å². The Morgan fingerprint density at radius 1 is 1.80 bits per heavy atom. The Morgan fingerprint density at radius 3 is 2.70 bits per heavy atom. The minimum atomic E-state index is -0.924. The molecule has 0 aromatic carbocycles. The van der Waals surface area contributed by atoms with E-state index in [1.807, 2.05) is 0 Å². The normalized spacial score (nSPS) is 13.0. The molecule has 0 fully saturated rings. The van der Waals surface area contributed by atoms with Gasteiger partial charge >= 0.3 is 5.97 Å². The summed E-state index contributed by atoms with van der Waals surface area (Å²) in [6.45, 7) is 2.05. The summed E-state index contributed by atoms with van der Waals surface area (Å²) in [5.41, 5.74) is 0. The van der Waals surface area contributed by atoms with Crippen LogP contribution in [0.3, 0.4) is 0 Å². The van der Waals surface area contributed by atoms with Gasteiger partial charge in [0.15, 0.2) is 6.10 Å². The van der Waals surface area contributed by atoms with E-state index in [1.165, 1.54) is 0 Å². The van der Waals surface area contributed by atoms with Gasteiger partial charge in [0, 0.05) is 5.88 Å². The topological polar surface area (TPSA) is 46.5 Å². The summed E-state index contributed by atoms with van der Waals surface area (Å²) in [6.07, 6.45) is -0.217. The second-order valence-corrected chi connectivity index (χ2v) is 2.17. The van der Waals surface area contributed by atoms with E-state index < -0.39 is 12.1 Å². The number of aliphatic carboxylic acids is 1. The van der Waals surface area contributed by atoms with E-state index >= 15 is 0 Å². The van der Waals surface area contributed by atoms with Crippen molar-refractivity contribution in [3.63, 3.8) is 0 Å². The van der Waals surface area contributed by atoms with Gasteiger partial charge < -0.3 is 9.84 Å². The van der Waals surface area contributed by atoms with Crippen LogP contribution in [0.15, 0.2) is 0 Å². The van der Waals surface area contributed by atoms with Crippen molar-refractivity contribution in [2.75, 3.05) is 12.5 Å². The molecule has 0 amide bonds. The third-order valence-electron chi connectivity index (χ3n) is 1.04. The highest BCUT2D eigenvalue weighted by Crippen LogP contribution is 1.97. The predicted molar refractivity (Wildman–Crippen MR) is 38.4 cm³/mol. The first-order valence-electron chi connectivity index (χ1n) is 3.12. The van der Waals surface area contributed by atoms with Crippen molar-refractivity contribution in [1.29, 1.82) is 0 Å². The fraction of sp³-hybridized carbons (Fsp3) is 0.833. The van der Waals surface area contributed by atoms with Crippen molar-refractivity contribution >= 4 is 17.6 Å². The Labute approximate surface area is 64.9 Å². The van der Waals surface area contributed by atoms with Gasteiger partial charge in [-0.1, -0.05) is 6.92 Å². The van der Waals surface area contributed by atoms with E-state index in [9.17, 15) is 4.79 Å². The Balaban J connectivity index is 3.50. The highest BCUT2D eigenvalue weighted by atomic mass is 35.5. The number of rotatable bonds is 5. The number of hydrogen-bond donors (Lipinski definition) is 1. The molecule has 4 heteroatoms. The highest BCUT2D eigenvalue weighted by molar-refractivity contribution is 6.17. The molecule has 0 aliphatic carbocycles. The molecule has 0 aliphatic rings. The number of halogens is 1. The van der Waals surface area contributed by atoms with Crippen LogP contribution in [0, 0.1) is 0 Å². The first-order valence-corrected chi connectivity index (χ1v) is 3.66. The van der Waals surface area contributed by atoms with Gasteiger partial charge in [-0.05, 0) is 6.42 Å². The molecule has 0 bridgehead atoms. The summed E-state index contributed by atoms with van der Waals surface area (Å²) < 4.78 is 4.87. The molecule has 0 rings (SSSR count). The third kappa shape index (κ3) is 3.69. The molecule has 0 unspecified atom stereocenters. The number of carboxylic acid groups (broad SMARTS) is 1. The van der Waals surface area contributed by atoms with E-state index in [1.54, 1.807) is 6.92 Å². The Morgan fingerprint density at radius 2 is 2.40 bits per heavy atom. The average Bonchev–Trinajstić information content (AvgIpc) is 1.89. The first kappa shape index (κ1) is 9.72. The van der Waals surface area contributed by atoms with Crippen LogP contribution in [0.25, 0.3) is 0 Å². The summed E-state index contributed by atoms with van der Waals surface area (Å²) >= 11 is 5.29. The lowest BCUT2D eigenvalue weighted by Gasteiger charge is -2.08. The molecule has 0 radical (unpaired) electrons. The smallest absolute Gasteiger partial charge is 0.332 e. The molecular weight excluding hydrogens is 156 g/mol. The standard InChI is InChI=1S/C6H11ClO3/c1-2-5(6(8)9)10-4-3-7/h5H,2-4H2,1H3,(H,8,9)/t5-/m1/s1. The zero-order valence-electron chi connectivity index (χ0n) is 5.84. The minimum absolute atomic E-state index is 0.298. The molecule has 0 heterocycles.